The van der Waals surface area contributed by atoms with E-state index >= 15 is 0 Å². The summed E-state index contributed by atoms with van der Waals surface area (Å²) in [6.07, 6.45) is 1.44. The summed E-state index contributed by atoms with van der Waals surface area (Å²) < 4.78 is 18.9. The van der Waals surface area contributed by atoms with Crippen LogP contribution in [0.15, 0.2) is 28.9 Å². The van der Waals surface area contributed by atoms with Gasteiger partial charge < -0.3 is 10.1 Å². The topological polar surface area (TPSA) is 47.0 Å². The zero-order valence-electron chi connectivity index (χ0n) is 9.95. The summed E-state index contributed by atoms with van der Waals surface area (Å²) in [5.74, 6) is 0.135. The second-order valence-corrected chi connectivity index (χ2v) is 4.90. The monoisotopic (exact) mass is 345 g/mol. The van der Waals surface area contributed by atoms with E-state index in [4.69, 9.17) is 16.3 Å². The molecule has 0 fully saturated rings. The van der Waals surface area contributed by atoms with Crippen LogP contribution >= 0.6 is 27.5 Å². The van der Waals surface area contributed by atoms with Crippen molar-refractivity contribution in [3.8, 4) is 6.01 Å². The Morgan fingerprint density at radius 1 is 1.47 bits per heavy atom. The summed E-state index contributed by atoms with van der Waals surface area (Å²) in [5.41, 5.74) is 0.758. The van der Waals surface area contributed by atoms with Crippen LogP contribution in [0.3, 0.4) is 0 Å². The van der Waals surface area contributed by atoms with E-state index in [9.17, 15) is 4.39 Å². The van der Waals surface area contributed by atoms with Gasteiger partial charge in [-0.3, -0.25) is 0 Å². The molecule has 0 atom stereocenters. The highest BCUT2D eigenvalue weighted by atomic mass is 79.9. The maximum Gasteiger partial charge on any atom is 0.318 e. The molecule has 0 aliphatic carbocycles. The molecule has 0 saturated heterocycles. The minimum Gasteiger partial charge on any atom is -0.467 e. The summed E-state index contributed by atoms with van der Waals surface area (Å²) in [4.78, 5) is 7.94. The largest absolute Gasteiger partial charge is 0.467 e. The van der Waals surface area contributed by atoms with Crippen LogP contribution in [0.2, 0.25) is 5.02 Å². The number of benzene rings is 1. The van der Waals surface area contributed by atoms with E-state index in [0.717, 1.165) is 10.0 Å². The summed E-state index contributed by atoms with van der Waals surface area (Å²) in [6, 6.07) is 4.68. The van der Waals surface area contributed by atoms with Crippen molar-refractivity contribution in [1.82, 2.24) is 9.97 Å². The van der Waals surface area contributed by atoms with Crippen molar-refractivity contribution >= 4 is 33.3 Å². The van der Waals surface area contributed by atoms with Gasteiger partial charge in [-0.25, -0.2) is 9.37 Å². The molecule has 7 heteroatoms. The third kappa shape index (κ3) is 3.54. The van der Waals surface area contributed by atoms with Gasteiger partial charge in [0.25, 0.3) is 0 Å². The number of nitrogens with zero attached hydrogens (tertiary/aromatic N) is 2. The molecule has 0 aliphatic rings. The fourth-order valence-corrected chi connectivity index (χ4v) is 1.98. The van der Waals surface area contributed by atoms with Crippen molar-refractivity contribution in [2.45, 2.75) is 6.54 Å². The fraction of sp³-hybridized carbons (Fsp3) is 0.167. The molecule has 2 rings (SSSR count). The molecule has 0 aliphatic heterocycles. The van der Waals surface area contributed by atoms with Gasteiger partial charge in [0.2, 0.25) is 0 Å². The first-order chi connectivity index (χ1) is 9.10. The lowest BCUT2D eigenvalue weighted by Gasteiger charge is -2.09. The maximum absolute atomic E-state index is 13.2. The number of ether oxygens (including phenoxy) is 1. The highest BCUT2D eigenvalue weighted by molar-refractivity contribution is 9.10. The molecule has 0 spiro atoms. The zero-order valence-corrected chi connectivity index (χ0v) is 12.3. The van der Waals surface area contributed by atoms with E-state index in [1.54, 1.807) is 6.07 Å². The van der Waals surface area contributed by atoms with E-state index in [1.165, 1.54) is 25.4 Å². The normalized spacial score (nSPS) is 10.3. The summed E-state index contributed by atoms with van der Waals surface area (Å²) in [7, 11) is 1.47. The standard InChI is InChI=1S/C12H10BrClFN3O/c1-19-12-17-6-10(14)11(18-12)16-5-7-4-8(15)2-3-9(7)13/h2-4,6H,5H2,1H3,(H,16,17,18). The molecule has 0 bridgehead atoms. The Bertz CT molecular complexity index is 597. The smallest absolute Gasteiger partial charge is 0.318 e. The number of rotatable bonds is 4. The number of aromatic nitrogens is 2. The van der Waals surface area contributed by atoms with Crippen molar-refractivity contribution < 1.29 is 9.13 Å². The van der Waals surface area contributed by atoms with Gasteiger partial charge in [0.05, 0.1) is 13.3 Å². The van der Waals surface area contributed by atoms with Crippen LogP contribution in [0.25, 0.3) is 0 Å². The number of nitrogens with one attached hydrogen (secondary N) is 1. The van der Waals surface area contributed by atoms with E-state index in [0.29, 0.717) is 17.4 Å². The summed E-state index contributed by atoms with van der Waals surface area (Å²) >= 11 is 9.32. The van der Waals surface area contributed by atoms with Crippen LogP contribution in [0.5, 0.6) is 6.01 Å². The molecule has 2 aromatic rings. The molecule has 0 amide bonds. The Balaban J connectivity index is 2.16. The molecule has 100 valence electrons. The molecule has 1 aromatic heterocycles. The molecular formula is C12H10BrClFN3O. The van der Waals surface area contributed by atoms with Crippen LogP contribution in [0.4, 0.5) is 10.2 Å². The van der Waals surface area contributed by atoms with Gasteiger partial charge in [-0.2, -0.15) is 4.98 Å². The van der Waals surface area contributed by atoms with Crippen LogP contribution < -0.4 is 10.1 Å². The first-order valence-electron chi connectivity index (χ1n) is 5.34. The first-order valence-corrected chi connectivity index (χ1v) is 6.51. The third-order valence-corrected chi connectivity index (χ3v) is 3.41. The Labute approximate surface area is 123 Å². The van der Waals surface area contributed by atoms with Crippen LogP contribution in [0.1, 0.15) is 5.56 Å². The van der Waals surface area contributed by atoms with Gasteiger partial charge >= 0.3 is 6.01 Å². The number of anilines is 1. The van der Waals surface area contributed by atoms with Crippen molar-refractivity contribution in [3.05, 3.63) is 45.3 Å². The SMILES string of the molecule is COc1ncc(Cl)c(NCc2cc(F)ccc2Br)n1. The van der Waals surface area contributed by atoms with E-state index < -0.39 is 0 Å². The predicted octanol–water partition coefficient (Wildman–Crippen LogP) is 3.65. The van der Waals surface area contributed by atoms with Crippen LogP contribution in [0, 0.1) is 5.82 Å². The fourth-order valence-electron chi connectivity index (χ4n) is 1.43. The van der Waals surface area contributed by atoms with E-state index in [1.807, 2.05) is 0 Å². The molecule has 0 unspecified atom stereocenters. The zero-order chi connectivity index (χ0) is 13.8. The lowest BCUT2D eigenvalue weighted by atomic mass is 10.2. The molecular weight excluding hydrogens is 337 g/mol. The van der Waals surface area contributed by atoms with Gasteiger partial charge in [0, 0.05) is 11.0 Å². The van der Waals surface area contributed by atoms with E-state index in [2.05, 4.69) is 31.2 Å². The quantitative estimate of drug-likeness (QED) is 0.918. The highest BCUT2D eigenvalue weighted by Gasteiger charge is 2.07. The molecule has 1 heterocycles. The van der Waals surface area contributed by atoms with Gasteiger partial charge in [-0.05, 0) is 23.8 Å². The Morgan fingerprint density at radius 3 is 3.00 bits per heavy atom. The van der Waals surface area contributed by atoms with Gasteiger partial charge in [-0.15, -0.1) is 0 Å². The minimum atomic E-state index is -0.300. The lowest BCUT2D eigenvalue weighted by Crippen LogP contribution is -2.04. The molecule has 1 N–H and O–H groups in total. The van der Waals surface area contributed by atoms with Gasteiger partial charge in [0.15, 0.2) is 5.82 Å². The first kappa shape index (κ1) is 14.0. The average molecular weight is 347 g/mol. The molecule has 1 aromatic carbocycles. The van der Waals surface area contributed by atoms with Crippen molar-refractivity contribution in [2.75, 3.05) is 12.4 Å². The van der Waals surface area contributed by atoms with Crippen molar-refractivity contribution in [3.63, 3.8) is 0 Å². The summed E-state index contributed by atoms with van der Waals surface area (Å²) in [5, 5.41) is 3.38. The Morgan fingerprint density at radius 2 is 2.26 bits per heavy atom. The molecule has 0 radical (unpaired) electrons. The lowest BCUT2D eigenvalue weighted by molar-refractivity contribution is 0.380. The van der Waals surface area contributed by atoms with Crippen molar-refractivity contribution in [2.24, 2.45) is 0 Å². The van der Waals surface area contributed by atoms with Crippen molar-refractivity contribution in [1.29, 1.82) is 0 Å². The third-order valence-electron chi connectivity index (χ3n) is 2.36. The summed E-state index contributed by atoms with van der Waals surface area (Å²) in [6.45, 7) is 0.373. The maximum atomic E-state index is 13.2. The van der Waals surface area contributed by atoms with Gasteiger partial charge in [0.1, 0.15) is 10.8 Å². The number of halogens is 3. The number of hydrogen-bond donors (Lipinski definition) is 1. The molecule has 0 saturated carbocycles. The predicted molar refractivity (Wildman–Crippen MR) is 75.0 cm³/mol. The van der Waals surface area contributed by atoms with Crippen LogP contribution in [-0.4, -0.2) is 17.1 Å². The average Bonchev–Trinajstić information content (AvgIpc) is 2.41. The second-order valence-electron chi connectivity index (χ2n) is 3.64. The van der Waals surface area contributed by atoms with Crippen LogP contribution in [-0.2, 0) is 6.54 Å². The van der Waals surface area contributed by atoms with E-state index in [-0.39, 0.29) is 11.8 Å². The van der Waals surface area contributed by atoms with Gasteiger partial charge in [-0.1, -0.05) is 27.5 Å². The highest BCUT2D eigenvalue weighted by Crippen LogP contribution is 2.23. The molecule has 4 nitrogen and oxygen atoms in total. The number of hydrogen-bond acceptors (Lipinski definition) is 4. The molecule has 19 heavy (non-hydrogen) atoms. The number of methoxy groups -OCH3 is 1. The second kappa shape index (κ2) is 6.16. The Kier molecular flexibility index (Phi) is 4.55. The minimum absolute atomic E-state index is 0.213. The Hall–Kier alpha value is -1.40.